The van der Waals surface area contributed by atoms with Crippen molar-refractivity contribution in [2.24, 2.45) is 5.92 Å². The molecular formula is C10H18O. The molecule has 0 amide bonds. The van der Waals surface area contributed by atoms with Crippen molar-refractivity contribution < 1.29 is 5.11 Å². The van der Waals surface area contributed by atoms with Gasteiger partial charge >= 0.3 is 0 Å². The Morgan fingerprint density at radius 3 is 2.55 bits per heavy atom. The molecule has 0 saturated carbocycles. The fourth-order valence-corrected chi connectivity index (χ4v) is 0.878. The summed E-state index contributed by atoms with van der Waals surface area (Å²) in [5, 5.41) is 8.45. The number of rotatable bonds is 4. The van der Waals surface area contributed by atoms with Crippen molar-refractivity contribution in [3.8, 4) is 0 Å². The minimum absolute atomic E-state index is 0.482. The van der Waals surface area contributed by atoms with Gasteiger partial charge in [0.15, 0.2) is 0 Å². The van der Waals surface area contributed by atoms with E-state index < -0.39 is 0 Å². The number of aliphatic hydroxyl groups excluding tert-OH is 1. The van der Waals surface area contributed by atoms with E-state index in [0.717, 1.165) is 19.1 Å². The van der Waals surface area contributed by atoms with Crippen LogP contribution in [0.25, 0.3) is 0 Å². The van der Waals surface area contributed by atoms with Crippen LogP contribution < -0.4 is 0 Å². The Morgan fingerprint density at radius 2 is 2.09 bits per heavy atom. The van der Waals surface area contributed by atoms with E-state index in [1.807, 2.05) is 6.08 Å². The Hall–Kier alpha value is -0.720. The molecule has 0 aromatic rings. The highest BCUT2D eigenvalue weighted by molar-refractivity contribution is 4.93. The molecule has 0 aliphatic heterocycles. The first-order valence-corrected chi connectivity index (χ1v) is 4.11. The number of hydrogen-bond acceptors (Lipinski definition) is 1. The van der Waals surface area contributed by atoms with Gasteiger partial charge in [0.25, 0.3) is 0 Å². The molecule has 0 fully saturated rings. The summed E-state index contributed by atoms with van der Waals surface area (Å²) >= 11 is 0. The van der Waals surface area contributed by atoms with Gasteiger partial charge in [-0.05, 0) is 38.7 Å². The lowest BCUT2D eigenvalue weighted by Gasteiger charge is -2.01. The van der Waals surface area contributed by atoms with E-state index in [4.69, 9.17) is 5.11 Å². The molecule has 0 heterocycles. The predicted molar refractivity (Wildman–Crippen MR) is 49.6 cm³/mol. The summed E-state index contributed by atoms with van der Waals surface area (Å²) in [7, 11) is 0. The van der Waals surface area contributed by atoms with Gasteiger partial charge in [0.05, 0.1) is 6.26 Å². The molecule has 0 aromatic carbocycles. The van der Waals surface area contributed by atoms with Crippen molar-refractivity contribution in [2.45, 2.75) is 33.6 Å². The molecule has 1 nitrogen and oxygen atoms in total. The van der Waals surface area contributed by atoms with Crippen molar-refractivity contribution in [3.05, 3.63) is 24.0 Å². The third-order valence-corrected chi connectivity index (χ3v) is 1.59. The number of aliphatic hydroxyl groups is 1. The van der Waals surface area contributed by atoms with E-state index in [0.29, 0.717) is 5.92 Å². The van der Waals surface area contributed by atoms with Crippen LogP contribution in [0.15, 0.2) is 24.0 Å². The SMILES string of the molecule is CC(C)=CCC[C@@H](C)/C=C/O. The molecule has 0 aromatic heterocycles. The monoisotopic (exact) mass is 154 g/mol. The van der Waals surface area contributed by atoms with Gasteiger partial charge in [-0.15, -0.1) is 0 Å². The van der Waals surface area contributed by atoms with Gasteiger partial charge in [0.2, 0.25) is 0 Å². The first-order chi connectivity index (χ1) is 5.16. The first-order valence-electron chi connectivity index (χ1n) is 4.11. The molecule has 0 rings (SSSR count). The van der Waals surface area contributed by atoms with Crippen LogP contribution in [0.2, 0.25) is 0 Å². The van der Waals surface area contributed by atoms with Crippen LogP contribution in [-0.4, -0.2) is 5.11 Å². The summed E-state index contributed by atoms with van der Waals surface area (Å²) in [6.45, 7) is 6.31. The summed E-state index contributed by atoms with van der Waals surface area (Å²) in [5.74, 6) is 0.482. The number of allylic oxidation sites excluding steroid dienone is 3. The van der Waals surface area contributed by atoms with Crippen molar-refractivity contribution >= 4 is 0 Å². The van der Waals surface area contributed by atoms with Crippen LogP contribution >= 0.6 is 0 Å². The van der Waals surface area contributed by atoms with Gasteiger partial charge in [-0.3, -0.25) is 0 Å². The normalized spacial score (nSPS) is 13.4. The summed E-state index contributed by atoms with van der Waals surface area (Å²) in [6.07, 6.45) is 7.39. The third kappa shape index (κ3) is 7.17. The van der Waals surface area contributed by atoms with Crippen LogP contribution in [0, 0.1) is 5.92 Å². The Labute approximate surface area is 69.4 Å². The molecule has 0 spiro atoms. The van der Waals surface area contributed by atoms with Gasteiger partial charge in [0.1, 0.15) is 0 Å². The molecule has 11 heavy (non-hydrogen) atoms. The number of hydrogen-bond donors (Lipinski definition) is 1. The lowest BCUT2D eigenvalue weighted by Crippen LogP contribution is -1.87. The smallest absolute Gasteiger partial charge is 0.0754 e. The second kappa shape index (κ2) is 6.02. The third-order valence-electron chi connectivity index (χ3n) is 1.59. The quantitative estimate of drug-likeness (QED) is 0.486. The van der Waals surface area contributed by atoms with Crippen molar-refractivity contribution in [1.29, 1.82) is 0 Å². The molecule has 1 heteroatoms. The van der Waals surface area contributed by atoms with Crippen molar-refractivity contribution in [1.82, 2.24) is 0 Å². The maximum absolute atomic E-state index is 8.45. The van der Waals surface area contributed by atoms with Gasteiger partial charge in [-0.25, -0.2) is 0 Å². The van der Waals surface area contributed by atoms with Crippen molar-refractivity contribution in [3.63, 3.8) is 0 Å². The lowest BCUT2D eigenvalue weighted by molar-refractivity contribution is 0.463. The van der Waals surface area contributed by atoms with Gasteiger partial charge < -0.3 is 5.11 Å². The minimum Gasteiger partial charge on any atom is -0.516 e. The van der Waals surface area contributed by atoms with E-state index in [9.17, 15) is 0 Å². The fourth-order valence-electron chi connectivity index (χ4n) is 0.878. The first kappa shape index (κ1) is 10.3. The lowest BCUT2D eigenvalue weighted by atomic mass is 10.1. The molecule has 64 valence electrons. The maximum Gasteiger partial charge on any atom is 0.0754 e. The zero-order valence-electron chi connectivity index (χ0n) is 7.67. The maximum atomic E-state index is 8.45. The van der Waals surface area contributed by atoms with Gasteiger partial charge in [0, 0.05) is 0 Å². The van der Waals surface area contributed by atoms with E-state index in [1.54, 1.807) is 0 Å². The van der Waals surface area contributed by atoms with E-state index in [-0.39, 0.29) is 0 Å². The van der Waals surface area contributed by atoms with E-state index in [1.165, 1.54) is 5.57 Å². The summed E-state index contributed by atoms with van der Waals surface area (Å²) in [6, 6.07) is 0. The zero-order valence-corrected chi connectivity index (χ0v) is 7.67. The Kier molecular flexibility index (Phi) is 5.63. The highest BCUT2D eigenvalue weighted by Gasteiger charge is 1.93. The zero-order chi connectivity index (χ0) is 8.69. The average Bonchev–Trinajstić information content (AvgIpc) is 1.87. The molecule has 0 unspecified atom stereocenters. The standard InChI is InChI=1S/C10H18O/c1-9(2)5-4-6-10(3)7-8-11/h5,7-8,10-11H,4,6H2,1-3H3/b8-7+/t10-/m1/s1. The van der Waals surface area contributed by atoms with Crippen LogP contribution in [0.1, 0.15) is 33.6 Å². The largest absolute Gasteiger partial charge is 0.516 e. The van der Waals surface area contributed by atoms with Crippen LogP contribution in [0.4, 0.5) is 0 Å². The molecule has 0 saturated heterocycles. The van der Waals surface area contributed by atoms with E-state index >= 15 is 0 Å². The van der Waals surface area contributed by atoms with Gasteiger partial charge in [-0.1, -0.05) is 18.6 Å². The fraction of sp³-hybridized carbons (Fsp3) is 0.600. The van der Waals surface area contributed by atoms with Crippen LogP contribution in [-0.2, 0) is 0 Å². The molecule has 1 N–H and O–H groups in total. The summed E-state index contributed by atoms with van der Waals surface area (Å²) in [4.78, 5) is 0. The van der Waals surface area contributed by atoms with E-state index in [2.05, 4.69) is 26.8 Å². The van der Waals surface area contributed by atoms with Crippen molar-refractivity contribution in [2.75, 3.05) is 0 Å². The molecular weight excluding hydrogens is 136 g/mol. The molecule has 1 atom stereocenters. The molecule has 0 aliphatic rings. The second-order valence-corrected chi connectivity index (χ2v) is 3.18. The highest BCUT2D eigenvalue weighted by Crippen LogP contribution is 2.08. The van der Waals surface area contributed by atoms with Gasteiger partial charge in [-0.2, -0.15) is 0 Å². The molecule has 0 aliphatic carbocycles. The molecule has 0 bridgehead atoms. The van der Waals surface area contributed by atoms with Crippen LogP contribution in [0.5, 0.6) is 0 Å². The minimum atomic E-state index is 0.482. The summed E-state index contributed by atoms with van der Waals surface area (Å²) in [5.41, 5.74) is 1.37. The predicted octanol–water partition coefficient (Wildman–Crippen LogP) is 3.44. The topological polar surface area (TPSA) is 20.2 Å². The second-order valence-electron chi connectivity index (χ2n) is 3.18. The highest BCUT2D eigenvalue weighted by atomic mass is 16.2. The Bertz CT molecular complexity index is 141. The summed E-state index contributed by atoms with van der Waals surface area (Å²) < 4.78 is 0. The Balaban J connectivity index is 3.46. The molecule has 0 radical (unpaired) electrons. The Morgan fingerprint density at radius 1 is 1.45 bits per heavy atom. The van der Waals surface area contributed by atoms with Crippen LogP contribution in [0.3, 0.4) is 0 Å². The average molecular weight is 154 g/mol.